The Kier molecular flexibility index (Phi) is 5.84. The summed E-state index contributed by atoms with van der Waals surface area (Å²) in [4.78, 5) is 38.2. The Morgan fingerprint density at radius 1 is 1.26 bits per heavy atom. The van der Waals surface area contributed by atoms with Crippen LogP contribution < -0.4 is 10.6 Å². The average Bonchev–Trinajstić information content (AvgIpc) is 3.02. The van der Waals surface area contributed by atoms with Gasteiger partial charge in [-0.05, 0) is 50.7 Å². The number of carbonyl (C=O) groups is 3. The van der Waals surface area contributed by atoms with Crippen LogP contribution in [0, 0.1) is 5.92 Å². The lowest BCUT2D eigenvalue weighted by Gasteiger charge is -2.26. The number of aryl methyl sites for hydroxylation is 1. The summed E-state index contributed by atoms with van der Waals surface area (Å²) in [7, 11) is 0. The fourth-order valence-electron chi connectivity index (χ4n) is 3.41. The Balaban J connectivity index is 1.73. The number of thiophene rings is 1. The summed E-state index contributed by atoms with van der Waals surface area (Å²) in [5.41, 5.74) is 1.75. The second-order valence-electron chi connectivity index (χ2n) is 6.92. The molecule has 7 nitrogen and oxygen atoms in total. The van der Waals surface area contributed by atoms with Crippen molar-refractivity contribution in [1.29, 1.82) is 0 Å². The summed E-state index contributed by atoms with van der Waals surface area (Å²) in [6.45, 7) is 5.63. The Bertz CT molecular complexity index is 798. The van der Waals surface area contributed by atoms with Crippen molar-refractivity contribution in [2.24, 2.45) is 5.92 Å². The standard InChI is InChI=1S/C19H24N2O5S/c1-4-25-18(23)16-11(3)20-19(24)21-13(16)9-26-17(22)15-8-12-7-10(2)5-6-14(12)27-15/h8,10-11H,4-7,9H2,1-3H3,(H2,20,21,24). The molecule has 0 bridgehead atoms. The lowest BCUT2D eigenvalue weighted by molar-refractivity contribution is -0.139. The molecule has 3 rings (SSSR count). The van der Waals surface area contributed by atoms with Gasteiger partial charge >= 0.3 is 18.0 Å². The zero-order chi connectivity index (χ0) is 19.6. The predicted molar refractivity (Wildman–Crippen MR) is 101 cm³/mol. The summed E-state index contributed by atoms with van der Waals surface area (Å²) in [6.07, 6.45) is 3.11. The summed E-state index contributed by atoms with van der Waals surface area (Å²) in [5.74, 6) is -0.359. The van der Waals surface area contributed by atoms with E-state index in [2.05, 4.69) is 17.6 Å². The first-order valence-electron chi connectivity index (χ1n) is 9.15. The van der Waals surface area contributed by atoms with Crippen molar-refractivity contribution in [3.8, 4) is 0 Å². The number of rotatable bonds is 5. The average molecular weight is 392 g/mol. The highest BCUT2D eigenvalue weighted by atomic mass is 32.1. The molecule has 2 atom stereocenters. The molecule has 2 heterocycles. The van der Waals surface area contributed by atoms with Crippen LogP contribution in [-0.2, 0) is 27.1 Å². The first-order chi connectivity index (χ1) is 12.9. The second kappa shape index (κ2) is 8.12. The topological polar surface area (TPSA) is 93.7 Å². The van der Waals surface area contributed by atoms with Gasteiger partial charge in [-0.25, -0.2) is 14.4 Å². The highest BCUT2D eigenvalue weighted by Crippen LogP contribution is 2.32. The monoisotopic (exact) mass is 392 g/mol. The van der Waals surface area contributed by atoms with Crippen LogP contribution in [-0.4, -0.2) is 37.2 Å². The maximum absolute atomic E-state index is 12.5. The molecule has 1 aromatic rings. The lowest BCUT2D eigenvalue weighted by Crippen LogP contribution is -2.50. The van der Waals surface area contributed by atoms with Gasteiger partial charge in [-0.3, -0.25) is 0 Å². The van der Waals surface area contributed by atoms with Crippen molar-refractivity contribution in [3.05, 3.63) is 32.7 Å². The van der Waals surface area contributed by atoms with Gasteiger partial charge in [0.1, 0.15) is 11.5 Å². The van der Waals surface area contributed by atoms with Crippen LogP contribution in [0.5, 0.6) is 0 Å². The number of ether oxygens (including phenoxy) is 2. The number of hydrogen-bond acceptors (Lipinski definition) is 6. The third kappa shape index (κ3) is 4.32. The van der Waals surface area contributed by atoms with E-state index in [9.17, 15) is 14.4 Å². The van der Waals surface area contributed by atoms with Crippen molar-refractivity contribution >= 4 is 29.3 Å². The van der Waals surface area contributed by atoms with Crippen molar-refractivity contribution in [3.63, 3.8) is 0 Å². The Morgan fingerprint density at radius 2 is 2.04 bits per heavy atom. The van der Waals surface area contributed by atoms with Gasteiger partial charge in [0, 0.05) is 4.88 Å². The highest BCUT2D eigenvalue weighted by Gasteiger charge is 2.30. The fourth-order valence-corrected chi connectivity index (χ4v) is 4.51. The van der Waals surface area contributed by atoms with Crippen LogP contribution in [0.2, 0.25) is 0 Å². The van der Waals surface area contributed by atoms with Crippen LogP contribution in [0.3, 0.4) is 0 Å². The van der Waals surface area contributed by atoms with Crippen molar-refractivity contribution < 1.29 is 23.9 Å². The zero-order valence-corrected chi connectivity index (χ0v) is 16.5. The highest BCUT2D eigenvalue weighted by molar-refractivity contribution is 7.14. The quantitative estimate of drug-likeness (QED) is 0.751. The molecule has 8 heteroatoms. The molecular weight excluding hydrogens is 368 g/mol. The van der Waals surface area contributed by atoms with Gasteiger partial charge in [0.15, 0.2) is 0 Å². The van der Waals surface area contributed by atoms with Crippen LogP contribution in [0.1, 0.15) is 47.3 Å². The third-order valence-corrected chi connectivity index (χ3v) is 5.96. The Morgan fingerprint density at radius 3 is 2.78 bits per heavy atom. The number of hydrogen-bond donors (Lipinski definition) is 2. The molecule has 1 aliphatic heterocycles. The molecule has 0 fully saturated rings. The molecule has 1 aromatic heterocycles. The van der Waals surface area contributed by atoms with E-state index in [1.165, 1.54) is 21.8 Å². The molecule has 2 amide bonds. The van der Waals surface area contributed by atoms with Crippen LogP contribution in [0.4, 0.5) is 4.79 Å². The minimum atomic E-state index is -0.538. The minimum Gasteiger partial charge on any atom is -0.463 e. The molecule has 146 valence electrons. The molecule has 0 saturated heterocycles. The van der Waals surface area contributed by atoms with E-state index in [1.54, 1.807) is 13.8 Å². The molecule has 1 aliphatic carbocycles. The van der Waals surface area contributed by atoms with Gasteiger partial charge in [-0.2, -0.15) is 0 Å². The molecule has 2 unspecified atom stereocenters. The lowest BCUT2D eigenvalue weighted by atomic mass is 9.90. The van der Waals surface area contributed by atoms with E-state index >= 15 is 0 Å². The van der Waals surface area contributed by atoms with E-state index in [1.807, 2.05) is 6.07 Å². The van der Waals surface area contributed by atoms with E-state index in [0.29, 0.717) is 10.8 Å². The van der Waals surface area contributed by atoms with E-state index < -0.39 is 24.0 Å². The molecule has 2 aliphatic rings. The van der Waals surface area contributed by atoms with Crippen molar-refractivity contribution in [2.45, 2.75) is 46.1 Å². The van der Waals surface area contributed by atoms with Crippen LogP contribution in [0.15, 0.2) is 17.3 Å². The molecular formula is C19H24N2O5S. The molecule has 0 radical (unpaired) electrons. The number of amides is 2. The smallest absolute Gasteiger partial charge is 0.348 e. The Labute approximate surface area is 162 Å². The predicted octanol–water partition coefficient (Wildman–Crippen LogP) is 2.55. The van der Waals surface area contributed by atoms with E-state index in [-0.39, 0.29) is 24.5 Å². The molecule has 0 spiro atoms. The molecule has 0 saturated carbocycles. The maximum Gasteiger partial charge on any atom is 0.348 e. The Hall–Kier alpha value is -2.35. The second-order valence-corrected chi connectivity index (χ2v) is 8.05. The van der Waals surface area contributed by atoms with E-state index in [0.717, 1.165) is 19.3 Å². The molecule has 0 aromatic carbocycles. The van der Waals surface area contributed by atoms with Crippen LogP contribution in [0.25, 0.3) is 0 Å². The van der Waals surface area contributed by atoms with Gasteiger partial charge in [0.2, 0.25) is 0 Å². The molecule has 27 heavy (non-hydrogen) atoms. The first kappa shape index (κ1) is 19.4. The third-order valence-electron chi connectivity index (χ3n) is 4.74. The minimum absolute atomic E-state index is 0.191. The van der Waals surface area contributed by atoms with Gasteiger partial charge < -0.3 is 20.1 Å². The van der Waals surface area contributed by atoms with E-state index in [4.69, 9.17) is 9.47 Å². The number of urea groups is 1. The van der Waals surface area contributed by atoms with Gasteiger partial charge in [-0.1, -0.05) is 6.92 Å². The van der Waals surface area contributed by atoms with Crippen molar-refractivity contribution in [2.75, 3.05) is 13.2 Å². The largest absolute Gasteiger partial charge is 0.463 e. The maximum atomic E-state index is 12.5. The van der Waals surface area contributed by atoms with Gasteiger partial charge in [0.25, 0.3) is 0 Å². The first-order valence-corrected chi connectivity index (χ1v) is 9.97. The fraction of sp³-hybridized carbons (Fsp3) is 0.526. The summed E-state index contributed by atoms with van der Waals surface area (Å²) < 4.78 is 10.4. The summed E-state index contributed by atoms with van der Waals surface area (Å²) >= 11 is 1.47. The summed E-state index contributed by atoms with van der Waals surface area (Å²) in [6, 6.07) is 0.937. The zero-order valence-electron chi connectivity index (χ0n) is 15.7. The van der Waals surface area contributed by atoms with Gasteiger partial charge in [0.05, 0.1) is 23.9 Å². The number of nitrogens with one attached hydrogen (secondary N) is 2. The number of esters is 2. The SMILES string of the molecule is CCOC(=O)C1=C(COC(=O)c2cc3c(s2)CCC(C)C3)NC(=O)NC1C. The number of fused-ring (bicyclic) bond motifs is 1. The summed E-state index contributed by atoms with van der Waals surface area (Å²) in [5, 5.41) is 5.16. The normalized spacial score (nSPS) is 21.8. The number of carbonyl (C=O) groups excluding carboxylic acids is 3. The van der Waals surface area contributed by atoms with Gasteiger partial charge in [-0.15, -0.1) is 11.3 Å². The molecule has 2 N–H and O–H groups in total. The van der Waals surface area contributed by atoms with Crippen LogP contribution >= 0.6 is 11.3 Å². The van der Waals surface area contributed by atoms with Crippen molar-refractivity contribution in [1.82, 2.24) is 10.6 Å².